The number of rotatable bonds is 3. The van der Waals surface area contributed by atoms with Crippen molar-refractivity contribution in [3.63, 3.8) is 0 Å². The Bertz CT molecular complexity index is 741. The van der Waals surface area contributed by atoms with Crippen LogP contribution in [0.25, 0.3) is 11.3 Å². The summed E-state index contributed by atoms with van der Waals surface area (Å²) >= 11 is 5.84. The molecule has 1 amide bonds. The molecule has 0 aliphatic carbocycles. The molecule has 0 saturated carbocycles. The minimum Gasteiger partial charge on any atom is -0.444 e. The molecule has 0 saturated heterocycles. The summed E-state index contributed by atoms with van der Waals surface area (Å²) in [6.45, 7) is 9.43. The van der Waals surface area contributed by atoms with Crippen LogP contribution in [-0.4, -0.2) is 21.7 Å². The molecule has 0 radical (unpaired) electrons. The van der Waals surface area contributed by atoms with E-state index in [1.807, 2.05) is 58.9 Å². The molecule has 0 aliphatic rings. The highest BCUT2D eigenvalue weighted by Crippen LogP contribution is 2.25. The van der Waals surface area contributed by atoms with E-state index in [1.54, 1.807) is 6.20 Å². The van der Waals surface area contributed by atoms with Crippen LogP contribution in [0.15, 0.2) is 30.5 Å². The van der Waals surface area contributed by atoms with Crippen molar-refractivity contribution in [2.24, 2.45) is 0 Å². The highest BCUT2D eigenvalue weighted by molar-refractivity contribution is 6.28. The largest absolute Gasteiger partial charge is 0.444 e. The molecule has 1 aromatic carbocycles. The highest BCUT2D eigenvalue weighted by atomic mass is 35.5. The molecule has 0 bridgehead atoms. The van der Waals surface area contributed by atoms with E-state index >= 15 is 0 Å². The molecule has 6 heteroatoms. The van der Waals surface area contributed by atoms with Crippen molar-refractivity contribution >= 4 is 17.7 Å². The summed E-state index contributed by atoms with van der Waals surface area (Å²) in [4.78, 5) is 20.0. The molecule has 1 heterocycles. The Morgan fingerprint density at radius 3 is 2.58 bits per heavy atom. The zero-order valence-electron chi connectivity index (χ0n) is 14.6. The second-order valence-corrected chi connectivity index (χ2v) is 6.99. The minimum atomic E-state index is -0.519. The SMILES string of the molecule is Cc1cc(-c2ccnc(Cl)n2)ccc1C(C)NC(=O)OC(C)(C)C. The molecule has 1 N–H and O–H groups in total. The summed E-state index contributed by atoms with van der Waals surface area (Å²) in [5.41, 5.74) is 3.26. The first-order valence-electron chi connectivity index (χ1n) is 7.75. The van der Waals surface area contributed by atoms with Gasteiger partial charge in [0.15, 0.2) is 0 Å². The fourth-order valence-corrected chi connectivity index (χ4v) is 2.53. The number of alkyl carbamates (subject to hydrolysis) is 1. The van der Waals surface area contributed by atoms with Gasteiger partial charge in [-0.2, -0.15) is 0 Å². The van der Waals surface area contributed by atoms with Gasteiger partial charge >= 0.3 is 6.09 Å². The molecular weight excluding hydrogens is 326 g/mol. The second-order valence-electron chi connectivity index (χ2n) is 6.65. The molecular formula is C18H22ClN3O2. The Morgan fingerprint density at radius 1 is 1.29 bits per heavy atom. The summed E-state index contributed by atoms with van der Waals surface area (Å²) in [6.07, 6.45) is 1.20. The van der Waals surface area contributed by atoms with E-state index < -0.39 is 11.7 Å². The number of aromatic nitrogens is 2. The Kier molecular flexibility index (Phi) is 5.44. The van der Waals surface area contributed by atoms with Crippen LogP contribution in [0.5, 0.6) is 0 Å². The molecule has 0 aliphatic heterocycles. The Hall–Kier alpha value is -2.14. The summed E-state index contributed by atoms with van der Waals surface area (Å²) in [5, 5.41) is 3.07. The van der Waals surface area contributed by atoms with Crippen LogP contribution in [-0.2, 0) is 4.74 Å². The molecule has 2 aromatic rings. The fourth-order valence-electron chi connectivity index (χ4n) is 2.38. The van der Waals surface area contributed by atoms with Crippen molar-refractivity contribution in [1.29, 1.82) is 0 Å². The molecule has 1 atom stereocenters. The normalized spacial score (nSPS) is 12.6. The number of aryl methyl sites for hydroxylation is 1. The standard InChI is InChI=1S/C18H22ClN3O2/c1-11-10-13(15-8-9-20-16(19)22-15)6-7-14(11)12(2)21-17(23)24-18(3,4)5/h6-10,12H,1-5H3,(H,21,23). The highest BCUT2D eigenvalue weighted by Gasteiger charge is 2.19. The first kappa shape index (κ1) is 18.2. The quantitative estimate of drug-likeness (QED) is 0.818. The lowest BCUT2D eigenvalue weighted by molar-refractivity contribution is 0.0508. The van der Waals surface area contributed by atoms with E-state index in [2.05, 4.69) is 15.3 Å². The van der Waals surface area contributed by atoms with Crippen LogP contribution in [0.4, 0.5) is 4.79 Å². The predicted octanol–water partition coefficient (Wildman–Crippen LogP) is 4.69. The van der Waals surface area contributed by atoms with Crippen LogP contribution < -0.4 is 5.32 Å². The van der Waals surface area contributed by atoms with Crippen molar-refractivity contribution in [3.05, 3.63) is 46.9 Å². The Labute approximate surface area is 147 Å². The van der Waals surface area contributed by atoms with Gasteiger partial charge in [-0.1, -0.05) is 12.1 Å². The van der Waals surface area contributed by atoms with Crippen LogP contribution in [0.2, 0.25) is 5.28 Å². The molecule has 1 unspecified atom stereocenters. The van der Waals surface area contributed by atoms with Crippen molar-refractivity contribution in [2.45, 2.75) is 46.3 Å². The number of ether oxygens (including phenoxy) is 1. The van der Waals surface area contributed by atoms with Gasteiger partial charge in [0, 0.05) is 11.8 Å². The van der Waals surface area contributed by atoms with E-state index in [4.69, 9.17) is 16.3 Å². The van der Waals surface area contributed by atoms with Gasteiger partial charge in [0.25, 0.3) is 0 Å². The van der Waals surface area contributed by atoms with Gasteiger partial charge in [0.2, 0.25) is 5.28 Å². The zero-order valence-corrected chi connectivity index (χ0v) is 15.3. The smallest absolute Gasteiger partial charge is 0.408 e. The van der Waals surface area contributed by atoms with E-state index in [1.165, 1.54) is 0 Å². The van der Waals surface area contributed by atoms with Gasteiger partial charge < -0.3 is 10.1 Å². The molecule has 0 fully saturated rings. The number of amides is 1. The number of halogens is 1. The zero-order chi connectivity index (χ0) is 17.9. The summed E-state index contributed by atoms with van der Waals surface area (Å²) in [5.74, 6) is 0. The molecule has 2 rings (SSSR count). The van der Waals surface area contributed by atoms with Gasteiger partial charge in [0.05, 0.1) is 11.7 Å². The lowest BCUT2D eigenvalue weighted by Gasteiger charge is -2.23. The van der Waals surface area contributed by atoms with Gasteiger partial charge in [-0.3, -0.25) is 0 Å². The maximum atomic E-state index is 11.9. The molecule has 0 spiro atoms. The molecule has 1 aromatic heterocycles. The summed E-state index contributed by atoms with van der Waals surface area (Å²) in [7, 11) is 0. The third-order valence-corrected chi connectivity index (χ3v) is 3.57. The van der Waals surface area contributed by atoms with Crippen LogP contribution in [0, 0.1) is 6.92 Å². The number of carbonyl (C=O) groups excluding carboxylic acids is 1. The lowest BCUT2D eigenvalue weighted by Crippen LogP contribution is -2.34. The second kappa shape index (κ2) is 7.18. The van der Waals surface area contributed by atoms with E-state index in [0.29, 0.717) is 0 Å². The molecule has 5 nitrogen and oxygen atoms in total. The van der Waals surface area contributed by atoms with Gasteiger partial charge in [-0.15, -0.1) is 0 Å². The monoisotopic (exact) mass is 347 g/mol. The Morgan fingerprint density at radius 2 is 2.00 bits per heavy atom. The number of nitrogens with one attached hydrogen (secondary N) is 1. The van der Waals surface area contributed by atoms with Crippen molar-refractivity contribution in [1.82, 2.24) is 15.3 Å². The van der Waals surface area contributed by atoms with Crippen LogP contribution in [0.3, 0.4) is 0 Å². The number of nitrogens with zero attached hydrogens (tertiary/aromatic N) is 2. The van der Waals surface area contributed by atoms with Gasteiger partial charge in [0.1, 0.15) is 5.60 Å². The molecule has 24 heavy (non-hydrogen) atoms. The average molecular weight is 348 g/mol. The Balaban J connectivity index is 2.16. The average Bonchev–Trinajstić information content (AvgIpc) is 2.44. The fraction of sp³-hybridized carbons (Fsp3) is 0.389. The van der Waals surface area contributed by atoms with Gasteiger partial charge in [-0.25, -0.2) is 14.8 Å². The lowest BCUT2D eigenvalue weighted by atomic mass is 9.98. The maximum Gasteiger partial charge on any atom is 0.408 e. The van der Waals surface area contributed by atoms with E-state index in [0.717, 1.165) is 22.4 Å². The number of hydrogen-bond acceptors (Lipinski definition) is 4. The minimum absolute atomic E-state index is 0.164. The van der Waals surface area contributed by atoms with Crippen molar-refractivity contribution < 1.29 is 9.53 Å². The first-order valence-corrected chi connectivity index (χ1v) is 8.12. The number of hydrogen-bond donors (Lipinski definition) is 1. The predicted molar refractivity (Wildman–Crippen MR) is 95.0 cm³/mol. The van der Waals surface area contributed by atoms with E-state index in [9.17, 15) is 4.79 Å². The molecule has 128 valence electrons. The van der Waals surface area contributed by atoms with Gasteiger partial charge in [-0.05, 0) is 69.5 Å². The van der Waals surface area contributed by atoms with Crippen molar-refractivity contribution in [2.75, 3.05) is 0 Å². The first-order chi connectivity index (χ1) is 11.2. The van der Waals surface area contributed by atoms with Crippen LogP contribution >= 0.6 is 11.6 Å². The number of carbonyl (C=O) groups is 1. The van der Waals surface area contributed by atoms with Crippen molar-refractivity contribution in [3.8, 4) is 11.3 Å². The topological polar surface area (TPSA) is 64.1 Å². The van der Waals surface area contributed by atoms with E-state index in [-0.39, 0.29) is 11.3 Å². The third-order valence-electron chi connectivity index (χ3n) is 3.39. The van der Waals surface area contributed by atoms with Crippen LogP contribution in [0.1, 0.15) is 44.9 Å². The third kappa shape index (κ3) is 4.93. The number of benzene rings is 1. The maximum absolute atomic E-state index is 11.9. The summed E-state index contributed by atoms with van der Waals surface area (Å²) in [6, 6.07) is 7.59. The summed E-state index contributed by atoms with van der Waals surface area (Å²) < 4.78 is 5.29.